The molecule has 1 N–H and O–H groups in total. The first kappa shape index (κ1) is 22.8. The predicted molar refractivity (Wildman–Crippen MR) is 131 cm³/mol. The third kappa shape index (κ3) is 4.30. The highest BCUT2D eigenvalue weighted by atomic mass is 16.5. The summed E-state index contributed by atoms with van der Waals surface area (Å²) in [5.74, 6) is -0.184. The normalized spacial score (nSPS) is 14.3. The number of rotatable bonds is 3. The van der Waals surface area contributed by atoms with Crippen LogP contribution in [0.15, 0.2) is 60.4 Å². The molecule has 170 valence electrons. The van der Waals surface area contributed by atoms with E-state index in [1.807, 2.05) is 77.9 Å². The largest absolute Gasteiger partial charge is 0.507 e. The summed E-state index contributed by atoms with van der Waals surface area (Å²) in [6, 6.07) is 15.0. The lowest BCUT2D eigenvalue weighted by molar-refractivity contribution is 0.0870. The fourth-order valence-electron chi connectivity index (χ4n) is 4.22. The Morgan fingerprint density at radius 1 is 0.788 bits per heavy atom. The van der Waals surface area contributed by atoms with Gasteiger partial charge in [0, 0.05) is 17.2 Å². The summed E-state index contributed by atoms with van der Waals surface area (Å²) in [6.45, 7) is 12.4. The molecule has 0 bridgehead atoms. The maximum absolute atomic E-state index is 13.1. The van der Waals surface area contributed by atoms with Crippen LogP contribution in [-0.2, 0) is 22.2 Å². The lowest BCUT2D eigenvalue weighted by atomic mass is 9.78. The van der Waals surface area contributed by atoms with Crippen LogP contribution in [0.1, 0.15) is 78.9 Å². The number of carbonyl (C=O) groups is 2. The minimum Gasteiger partial charge on any atom is -0.507 e. The van der Waals surface area contributed by atoms with Crippen molar-refractivity contribution in [2.24, 2.45) is 0 Å². The molecule has 0 aliphatic heterocycles. The molecule has 0 fully saturated rings. The maximum atomic E-state index is 13.1. The Morgan fingerprint density at radius 3 is 1.82 bits per heavy atom. The molecule has 4 nitrogen and oxygen atoms in total. The third-order valence-corrected chi connectivity index (χ3v) is 6.06. The maximum Gasteiger partial charge on any atom is 0.228 e. The number of phenols is 1. The fraction of sp³-hybridized carbons (Fsp3) is 0.310. The number of phenolic OH excluding ortho intramolecular Hbond substituents is 1. The van der Waals surface area contributed by atoms with E-state index in [-0.39, 0.29) is 34.8 Å². The number of hydrogen-bond acceptors (Lipinski definition) is 4. The molecule has 0 atom stereocenters. The number of allylic oxidation sites excluding steroid dienone is 2. The molecule has 0 amide bonds. The zero-order valence-corrected chi connectivity index (χ0v) is 20.1. The first-order chi connectivity index (χ1) is 15.4. The van der Waals surface area contributed by atoms with E-state index >= 15 is 0 Å². The summed E-state index contributed by atoms with van der Waals surface area (Å²) in [6.07, 6.45) is 1.29. The average molecular weight is 443 g/mol. The Balaban J connectivity index is 1.67. The van der Waals surface area contributed by atoms with Crippen molar-refractivity contribution in [3.63, 3.8) is 0 Å². The second-order valence-electron chi connectivity index (χ2n) is 10.8. The summed E-state index contributed by atoms with van der Waals surface area (Å²) < 4.78 is 5.90. The van der Waals surface area contributed by atoms with Crippen LogP contribution in [0.4, 0.5) is 0 Å². The number of carbonyl (C=O) groups excluding carboxylic acids is 2. The second kappa shape index (κ2) is 7.87. The molecular weight excluding hydrogens is 412 g/mol. The lowest BCUT2D eigenvalue weighted by Gasteiger charge is -2.28. The van der Waals surface area contributed by atoms with Crippen molar-refractivity contribution >= 4 is 22.3 Å². The van der Waals surface area contributed by atoms with Crippen LogP contribution >= 0.6 is 0 Å². The van der Waals surface area contributed by atoms with Crippen LogP contribution in [0.3, 0.4) is 0 Å². The van der Waals surface area contributed by atoms with E-state index in [9.17, 15) is 14.7 Å². The zero-order valence-electron chi connectivity index (χ0n) is 20.1. The zero-order chi connectivity index (χ0) is 24.1. The first-order valence-electron chi connectivity index (χ1n) is 11.2. The van der Waals surface area contributed by atoms with Gasteiger partial charge in [-0.05, 0) is 62.6 Å². The van der Waals surface area contributed by atoms with Crippen LogP contribution in [0.2, 0.25) is 0 Å². The SMILES string of the molecule is CC(C)(C)c1cc(COC2=CC(=O)c3cc4ccccc4cc3C2=O)cc(C(C)(C)C)c1O. The summed E-state index contributed by atoms with van der Waals surface area (Å²) in [5.41, 5.74) is 2.73. The molecule has 0 heterocycles. The number of aromatic hydroxyl groups is 1. The van der Waals surface area contributed by atoms with Gasteiger partial charge in [-0.3, -0.25) is 9.59 Å². The van der Waals surface area contributed by atoms with Gasteiger partial charge in [0.05, 0.1) is 0 Å². The van der Waals surface area contributed by atoms with Crippen molar-refractivity contribution in [2.75, 3.05) is 0 Å². The van der Waals surface area contributed by atoms with Crippen LogP contribution < -0.4 is 0 Å². The van der Waals surface area contributed by atoms with E-state index in [1.165, 1.54) is 6.08 Å². The standard InChI is InChI=1S/C29H30O4/c1-28(2,3)22-11-17(12-23(27(22)32)29(4,5)6)16-33-25-15-24(30)20-13-18-9-7-8-10-19(18)14-21(20)26(25)31/h7-15,32H,16H2,1-6H3. The van der Waals surface area contributed by atoms with Gasteiger partial charge in [0.2, 0.25) is 5.78 Å². The van der Waals surface area contributed by atoms with Gasteiger partial charge < -0.3 is 9.84 Å². The van der Waals surface area contributed by atoms with Crippen LogP contribution in [0, 0.1) is 0 Å². The van der Waals surface area contributed by atoms with E-state index in [2.05, 4.69) is 0 Å². The quantitative estimate of drug-likeness (QED) is 0.495. The van der Waals surface area contributed by atoms with E-state index in [0.29, 0.717) is 16.9 Å². The molecule has 0 saturated heterocycles. The Bertz CT molecular complexity index is 1280. The molecule has 0 saturated carbocycles. The lowest BCUT2D eigenvalue weighted by Crippen LogP contribution is -2.20. The second-order valence-corrected chi connectivity index (χ2v) is 10.8. The number of fused-ring (bicyclic) bond motifs is 2. The molecular formula is C29H30O4. The molecule has 0 unspecified atom stereocenters. The van der Waals surface area contributed by atoms with Crippen LogP contribution in [0.5, 0.6) is 5.75 Å². The van der Waals surface area contributed by atoms with Gasteiger partial charge in [0.25, 0.3) is 0 Å². The molecule has 3 aromatic carbocycles. The molecule has 4 rings (SSSR count). The van der Waals surface area contributed by atoms with Crippen molar-refractivity contribution in [1.82, 2.24) is 0 Å². The van der Waals surface area contributed by atoms with Crippen LogP contribution in [-0.4, -0.2) is 16.7 Å². The molecule has 0 radical (unpaired) electrons. The van der Waals surface area contributed by atoms with Crippen molar-refractivity contribution in [3.05, 3.63) is 88.2 Å². The minimum atomic E-state index is -0.291. The molecule has 4 heteroatoms. The van der Waals surface area contributed by atoms with Crippen molar-refractivity contribution in [1.29, 1.82) is 0 Å². The van der Waals surface area contributed by atoms with Gasteiger partial charge in [0.1, 0.15) is 12.4 Å². The topological polar surface area (TPSA) is 63.6 Å². The minimum absolute atomic E-state index is 0.0467. The number of hydrogen-bond donors (Lipinski definition) is 1. The Labute approximate surface area is 194 Å². The van der Waals surface area contributed by atoms with Gasteiger partial charge in [-0.25, -0.2) is 0 Å². The first-order valence-corrected chi connectivity index (χ1v) is 11.2. The molecule has 0 aromatic heterocycles. The van der Waals surface area contributed by atoms with Gasteiger partial charge in [-0.15, -0.1) is 0 Å². The van der Waals surface area contributed by atoms with E-state index < -0.39 is 0 Å². The molecule has 33 heavy (non-hydrogen) atoms. The van der Waals surface area contributed by atoms with Crippen LogP contribution in [0.25, 0.3) is 10.8 Å². The number of Topliss-reactive ketones (excluding diaryl/α,β-unsaturated/α-hetero) is 1. The van der Waals surface area contributed by atoms with Gasteiger partial charge >= 0.3 is 0 Å². The molecule has 0 spiro atoms. The highest BCUT2D eigenvalue weighted by molar-refractivity contribution is 6.25. The van der Waals surface area contributed by atoms with Crippen molar-refractivity contribution in [2.45, 2.75) is 59.0 Å². The molecule has 3 aromatic rings. The Morgan fingerprint density at radius 2 is 1.30 bits per heavy atom. The Kier molecular flexibility index (Phi) is 5.44. The van der Waals surface area contributed by atoms with Crippen molar-refractivity contribution < 1.29 is 19.4 Å². The van der Waals surface area contributed by atoms with Gasteiger partial charge in [-0.2, -0.15) is 0 Å². The van der Waals surface area contributed by atoms with Gasteiger partial charge in [-0.1, -0.05) is 65.8 Å². The summed E-state index contributed by atoms with van der Waals surface area (Å²) >= 11 is 0. The monoisotopic (exact) mass is 442 g/mol. The fourth-order valence-corrected chi connectivity index (χ4v) is 4.22. The van der Waals surface area contributed by atoms with Gasteiger partial charge in [0.15, 0.2) is 11.5 Å². The van der Waals surface area contributed by atoms with E-state index in [0.717, 1.165) is 27.5 Å². The predicted octanol–water partition coefficient (Wildman–Crippen LogP) is 6.62. The highest BCUT2D eigenvalue weighted by Gasteiger charge is 2.29. The summed E-state index contributed by atoms with van der Waals surface area (Å²) in [4.78, 5) is 25.9. The molecule has 1 aliphatic carbocycles. The summed E-state index contributed by atoms with van der Waals surface area (Å²) in [7, 11) is 0. The number of ether oxygens (including phenoxy) is 1. The highest BCUT2D eigenvalue weighted by Crippen LogP contribution is 2.40. The average Bonchev–Trinajstić information content (AvgIpc) is 2.73. The molecule has 1 aliphatic rings. The number of benzene rings is 3. The number of ketones is 2. The smallest absolute Gasteiger partial charge is 0.228 e. The third-order valence-electron chi connectivity index (χ3n) is 6.06. The van der Waals surface area contributed by atoms with E-state index in [4.69, 9.17) is 4.74 Å². The van der Waals surface area contributed by atoms with E-state index in [1.54, 1.807) is 12.1 Å². The van der Waals surface area contributed by atoms with Crippen molar-refractivity contribution in [3.8, 4) is 5.75 Å². The Hall–Kier alpha value is -3.40. The summed E-state index contributed by atoms with van der Waals surface area (Å²) in [5, 5.41) is 12.7.